The third kappa shape index (κ3) is 2.57. The average molecular weight is 333 g/mol. The number of halogens is 2. The highest BCUT2D eigenvalue weighted by molar-refractivity contribution is 14.1. The third-order valence-electron chi connectivity index (χ3n) is 1.68. The van der Waals surface area contributed by atoms with Crippen molar-refractivity contribution in [1.29, 1.82) is 0 Å². The molecule has 1 aromatic carbocycles. The summed E-state index contributed by atoms with van der Waals surface area (Å²) >= 11 is 8.06. The minimum absolute atomic E-state index is 0.513. The van der Waals surface area contributed by atoms with Crippen LogP contribution < -0.4 is 4.74 Å². The Morgan fingerprint density at radius 2 is 2.07 bits per heavy atom. The first-order valence-corrected chi connectivity index (χ1v) is 5.61. The van der Waals surface area contributed by atoms with Gasteiger partial charge in [0.05, 0.1) is 8.59 Å². The second-order valence-electron chi connectivity index (χ2n) is 2.71. The molecule has 2 rings (SSSR count). The fraction of sp³-hybridized carbons (Fsp3) is 0. The molecule has 0 aliphatic carbocycles. The summed E-state index contributed by atoms with van der Waals surface area (Å²) in [5.41, 5.74) is 0. The van der Waals surface area contributed by atoms with Crippen molar-refractivity contribution in [2.24, 2.45) is 0 Å². The maximum atomic E-state index is 5.96. The predicted octanol–water partition coefficient (Wildman–Crippen LogP) is 3.53. The number of ether oxygens (including phenoxy) is 1. The molecular weight excluding hydrogens is 326 g/mol. The Labute approximate surface area is 106 Å². The Balaban J connectivity index is 2.30. The van der Waals surface area contributed by atoms with Gasteiger partial charge in [-0.15, -0.1) is 0 Å². The van der Waals surface area contributed by atoms with E-state index in [1.54, 1.807) is 18.3 Å². The molecule has 0 N–H and O–H groups in total. The number of nitrogens with zero attached hydrogens (tertiary/aromatic N) is 2. The van der Waals surface area contributed by atoms with E-state index in [4.69, 9.17) is 16.3 Å². The van der Waals surface area contributed by atoms with Crippen LogP contribution in [0.4, 0.5) is 0 Å². The molecule has 1 heterocycles. The van der Waals surface area contributed by atoms with Crippen LogP contribution >= 0.6 is 34.2 Å². The number of benzene rings is 1. The zero-order chi connectivity index (χ0) is 10.7. The van der Waals surface area contributed by atoms with E-state index in [1.807, 2.05) is 12.1 Å². The molecule has 0 aliphatic rings. The van der Waals surface area contributed by atoms with E-state index in [1.165, 1.54) is 6.33 Å². The topological polar surface area (TPSA) is 35.0 Å². The van der Waals surface area contributed by atoms with Crippen molar-refractivity contribution in [3.05, 3.63) is 45.4 Å². The van der Waals surface area contributed by atoms with Gasteiger partial charge in [-0.2, -0.15) is 0 Å². The van der Waals surface area contributed by atoms with Gasteiger partial charge in [-0.3, -0.25) is 0 Å². The van der Waals surface area contributed by atoms with Gasteiger partial charge in [-0.05, 0) is 34.7 Å². The number of hydrogen-bond donors (Lipinski definition) is 0. The monoisotopic (exact) mass is 332 g/mol. The van der Waals surface area contributed by atoms with Crippen LogP contribution in [0.15, 0.2) is 36.8 Å². The molecule has 15 heavy (non-hydrogen) atoms. The lowest BCUT2D eigenvalue weighted by Gasteiger charge is -2.06. The second-order valence-corrected chi connectivity index (χ2v) is 4.28. The largest absolute Gasteiger partial charge is 0.436 e. The van der Waals surface area contributed by atoms with Crippen LogP contribution in [0.5, 0.6) is 11.6 Å². The minimum atomic E-state index is 0.513. The van der Waals surface area contributed by atoms with Crippen molar-refractivity contribution in [2.45, 2.75) is 0 Å². The fourth-order valence-electron chi connectivity index (χ4n) is 1.01. The van der Waals surface area contributed by atoms with Crippen LogP contribution in [-0.2, 0) is 0 Å². The quantitative estimate of drug-likeness (QED) is 0.789. The summed E-state index contributed by atoms with van der Waals surface area (Å²) in [7, 11) is 0. The zero-order valence-corrected chi connectivity index (χ0v) is 10.4. The Morgan fingerprint density at radius 1 is 1.27 bits per heavy atom. The molecule has 2 aromatic rings. The lowest BCUT2D eigenvalue weighted by molar-refractivity contribution is 0.458. The molecule has 0 aliphatic heterocycles. The van der Waals surface area contributed by atoms with Crippen LogP contribution in [-0.4, -0.2) is 9.97 Å². The second kappa shape index (κ2) is 4.76. The lowest BCUT2D eigenvalue weighted by atomic mass is 10.3. The van der Waals surface area contributed by atoms with Crippen molar-refractivity contribution in [3.63, 3.8) is 0 Å². The molecule has 5 heteroatoms. The van der Waals surface area contributed by atoms with Gasteiger partial charge < -0.3 is 4.74 Å². The number of para-hydroxylation sites is 1. The molecule has 0 radical (unpaired) electrons. The van der Waals surface area contributed by atoms with Crippen molar-refractivity contribution in [3.8, 4) is 11.6 Å². The van der Waals surface area contributed by atoms with Crippen molar-refractivity contribution in [2.75, 3.05) is 0 Å². The van der Waals surface area contributed by atoms with E-state index >= 15 is 0 Å². The van der Waals surface area contributed by atoms with Gasteiger partial charge in [-0.25, -0.2) is 9.97 Å². The molecule has 0 bridgehead atoms. The predicted molar refractivity (Wildman–Crippen MR) is 66.3 cm³/mol. The van der Waals surface area contributed by atoms with Crippen LogP contribution in [0.1, 0.15) is 0 Å². The van der Waals surface area contributed by atoms with Gasteiger partial charge >= 0.3 is 0 Å². The summed E-state index contributed by atoms with van der Waals surface area (Å²) in [6, 6.07) is 7.26. The highest BCUT2D eigenvalue weighted by atomic mass is 127. The third-order valence-corrected chi connectivity index (χ3v) is 2.73. The Bertz CT molecular complexity index is 435. The molecule has 1 aromatic heterocycles. The molecule has 0 amide bonds. The van der Waals surface area contributed by atoms with E-state index in [2.05, 4.69) is 32.6 Å². The molecule has 0 fully saturated rings. The maximum Gasteiger partial charge on any atom is 0.235 e. The first kappa shape index (κ1) is 10.6. The number of hydrogen-bond acceptors (Lipinski definition) is 3. The van der Waals surface area contributed by atoms with E-state index in [0.717, 1.165) is 3.57 Å². The van der Waals surface area contributed by atoms with Gasteiger partial charge in [0, 0.05) is 6.20 Å². The standard InChI is InChI=1S/C10H6ClIN2O/c11-7-3-1-2-4-9(7)15-10-8(12)5-13-6-14-10/h1-6H. The summed E-state index contributed by atoms with van der Waals surface area (Å²) in [4.78, 5) is 7.89. The van der Waals surface area contributed by atoms with Crippen molar-refractivity contribution < 1.29 is 4.74 Å². The zero-order valence-electron chi connectivity index (χ0n) is 7.52. The molecule has 0 spiro atoms. The minimum Gasteiger partial charge on any atom is -0.436 e. The number of aromatic nitrogens is 2. The van der Waals surface area contributed by atoms with Gasteiger partial charge in [0.2, 0.25) is 5.88 Å². The van der Waals surface area contributed by atoms with E-state index in [0.29, 0.717) is 16.7 Å². The van der Waals surface area contributed by atoms with Gasteiger partial charge in [-0.1, -0.05) is 23.7 Å². The number of rotatable bonds is 2. The lowest BCUT2D eigenvalue weighted by Crippen LogP contribution is -1.92. The van der Waals surface area contributed by atoms with Crippen LogP contribution in [0.2, 0.25) is 5.02 Å². The molecule has 0 saturated carbocycles. The Morgan fingerprint density at radius 3 is 2.80 bits per heavy atom. The molecule has 0 unspecified atom stereocenters. The van der Waals surface area contributed by atoms with Crippen LogP contribution in [0.25, 0.3) is 0 Å². The average Bonchev–Trinajstić information content (AvgIpc) is 2.24. The Kier molecular flexibility index (Phi) is 3.37. The highest BCUT2D eigenvalue weighted by Crippen LogP contribution is 2.29. The smallest absolute Gasteiger partial charge is 0.235 e. The van der Waals surface area contributed by atoms with Gasteiger partial charge in [0.25, 0.3) is 0 Å². The van der Waals surface area contributed by atoms with Gasteiger partial charge in [0.1, 0.15) is 12.1 Å². The summed E-state index contributed by atoms with van der Waals surface area (Å²) in [6.45, 7) is 0. The first-order valence-electron chi connectivity index (χ1n) is 4.15. The Hall–Kier alpha value is -0.880. The van der Waals surface area contributed by atoms with Crippen LogP contribution in [0.3, 0.4) is 0 Å². The summed E-state index contributed by atoms with van der Waals surface area (Å²) in [5.74, 6) is 1.11. The normalized spacial score (nSPS) is 10.0. The van der Waals surface area contributed by atoms with Crippen molar-refractivity contribution in [1.82, 2.24) is 9.97 Å². The van der Waals surface area contributed by atoms with Gasteiger partial charge in [0.15, 0.2) is 0 Å². The molecule has 0 atom stereocenters. The molecule has 0 saturated heterocycles. The summed E-state index contributed by atoms with van der Waals surface area (Å²) in [6.07, 6.45) is 3.12. The van der Waals surface area contributed by atoms with Crippen molar-refractivity contribution >= 4 is 34.2 Å². The summed E-state index contributed by atoms with van der Waals surface area (Å²) in [5, 5.41) is 0.562. The van der Waals surface area contributed by atoms with E-state index in [9.17, 15) is 0 Å². The fourth-order valence-corrected chi connectivity index (χ4v) is 1.59. The summed E-state index contributed by atoms with van der Waals surface area (Å²) < 4.78 is 6.39. The molecule has 76 valence electrons. The maximum absolute atomic E-state index is 5.96. The SMILES string of the molecule is Clc1ccccc1Oc1ncncc1I. The molecular formula is C10H6ClIN2O. The van der Waals surface area contributed by atoms with Crippen LogP contribution in [0, 0.1) is 3.57 Å². The van der Waals surface area contributed by atoms with E-state index < -0.39 is 0 Å². The first-order chi connectivity index (χ1) is 7.27. The van der Waals surface area contributed by atoms with E-state index in [-0.39, 0.29) is 0 Å². The highest BCUT2D eigenvalue weighted by Gasteiger charge is 2.06. The molecule has 3 nitrogen and oxygen atoms in total.